The second kappa shape index (κ2) is 4.71. The van der Waals surface area contributed by atoms with Crippen LogP contribution in [0.1, 0.15) is 5.01 Å². The van der Waals surface area contributed by atoms with Gasteiger partial charge in [-0.15, -0.1) is 11.3 Å². The maximum atomic E-state index is 12.0. The number of thiazole rings is 1. The molecule has 8 heteroatoms. The van der Waals surface area contributed by atoms with Crippen molar-refractivity contribution in [2.75, 3.05) is 4.72 Å². The van der Waals surface area contributed by atoms with Crippen LogP contribution in [-0.2, 0) is 10.0 Å². The number of hydrogen-bond donors (Lipinski definition) is 1. The first-order valence-electron chi connectivity index (χ1n) is 4.55. The largest absolute Gasteiger partial charge is 0.274 e. The van der Waals surface area contributed by atoms with Crippen LogP contribution in [-0.4, -0.2) is 18.4 Å². The Hall–Kier alpha value is -0.990. The fourth-order valence-corrected chi connectivity index (χ4v) is 3.73. The maximum absolute atomic E-state index is 12.0. The van der Waals surface area contributed by atoms with E-state index < -0.39 is 10.0 Å². The van der Waals surface area contributed by atoms with Gasteiger partial charge in [-0.3, -0.25) is 4.72 Å². The summed E-state index contributed by atoms with van der Waals surface area (Å²) in [5.74, 6) is 0.263. The maximum Gasteiger partial charge on any atom is 0.274 e. The number of aryl methyl sites for hydroxylation is 1. The van der Waals surface area contributed by atoms with E-state index in [-0.39, 0.29) is 10.0 Å². The minimum Gasteiger partial charge on any atom is -0.262 e. The molecular formula is C9H8BrN3O2S2. The molecule has 0 fully saturated rings. The number of rotatable bonds is 3. The van der Waals surface area contributed by atoms with Crippen molar-refractivity contribution in [2.24, 2.45) is 0 Å². The Morgan fingerprint density at radius 1 is 1.41 bits per heavy atom. The average Bonchev–Trinajstić information content (AvgIpc) is 2.69. The smallest absolute Gasteiger partial charge is 0.262 e. The van der Waals surface area contributed by atoms with Gasteiger partial charge in [-0.05, 0) is 35.0 Å². The molecule has 2 rings (SSSR count). The van der Waals surface area contributed by atoms with Crippen molar-refractivity contribution in [3.63, 3.8) is 0 Å². The lowest BCUT2D eigenvalue weighted by Crippen LogP contribution is -2.12. The first kappa shape index (κ1) is 12.5. The van der Waals surface area contributed by atoms with E-state index in [0.717, 1.165) is 11.3 Å². The normalized spacial score (nSPS) is 11.4. The third-order valence-corrected chi connectivity index (χ3v) is 5.21. The van der Waals surface area contributed by atoms with Crippen molar-refractivity contribution in [3.05, 3.63) is 34.0 Å². The summed E-state index contributed by atoms with van der Waals surface area (Å²) in [7, 11) is -3.60. The molecule has 2 heterocycles. The van der Waals surface area contributed by atoms with Crippen molar-refractivity contribution in [2.45, 2.75) is 11.1 Å². The van der Waals surface area contributed by atoms with Crippen LogP contribution in [0.15, 0.2) is 33.2 Å². The average molecular weight is 334 g/mol. The van der Waals surface area contributed by atoms with Gasteiger partial charge in [0.25, 0.3) is 10.0 Å². The highest BCUT2D eigenvalue weighted by Gasteiger charge is 2.18. The molecule has 0 aromatic carbocycles. The fraction of sp³-hybridized carbons (Fsp3) is 0.111. The van der Waals surface area contributed by atoms with Gasteiger partial charge in [-0.1, -0.05) is 0 Å². The first-order chi connectivity index (χ1) is 7.99. The zero-order chi connectivity index (χ0) is 12.5. The monoisotopic (exact) mass is 333 g/mol. The fourth-order valence-electron chi connectivity index (χ4n) is 1.10. The van der Waals surface area contributed by atoms with E-state index in [1.165, 1.54) is 12.4 Å². The SMILES string of the molecule is Cc1ncc(S(=O)(=O)Nc2ncccc2Br)s1. The number of nitrogens with zero attached hydrogens (tertiary/aromatic N) is 2. The minimum absolute atomic E-state index is 0.174. The highest BCUT2D eigenvalue weighted by molar-refractivity contribution is 9.10. The first-order valence-corrected chi connectivity index (χ1v) is 7.64. The topological polar surface area (TPSA) is 72.0 Å². The third kappa shape index (κ3) is 2.82. The number of nitrogens with one attached hydrogen (secondary N) is 1. The number of halogens is 1. The molecule has 2 aromatic rings. The Kier molecular flexibility index (Phi) is 3.45. The Morgan fingerprint density at radius 3 is 2.76 bits per heavy atom. The van der Waals surface area contributed by atoms with Crippen LogP contribution in [0.3, 0.4) is 0 Å². The Balaban J connectivity index is 2.33. The second-order valence-electron chi connectivity index (χ2n) is 3.14. The summed E-state index contributed by atoms with van der Waals surface area (Å²) in [4.78, 5) is 7.86. The van der Waals surface area contributed by atoms with Gasteiger partial charge in [0.2, 0.25) is 0 Å². The lowest BCUT2D eigenvalue weighted by molar-refractivity contribution is 0.602. The molecule has 0 aliphatic carbocycles. The van der Waals surface area contributed by atoms with E-state index in [1.54, 1.807) is 19.1 Å². The highest BCUT2D eigenvalue weighted by atomic mass is 79.9. The Morgan fingerprint density at radius 2 is 2.18 bits per heavy atom. The Labute approximate surface area is 111 Å². The van der Waals surface area contributed by atoms with Crippen LogP contribution in [0, 0.1) is 6.92 Å². The van der Waals surface area contributed by atoms with Crippen molar-refractivity contribution in [1.82, 2.24) is 9.97 Å². The molecular weight excluding hydrogens is 326 g/mol. The zero-order valence-electron chi connectivity index (χ0n) is 8.71. The van der Waals surface area contributed by atoms with Gasteiger partial charge in [0.1, 0.15) is 0 Å². The molecule has 0 bridgehead atoms. The number of pyridine rings is 1. The molecule has 0 spiro atoms. The molecule has 17 heavy (non-hydrogen) atoms. The van der Waals surface area contributed by atoms with E-state index in [4.69, 9.17) is 0 Å². The minimum atomic E-state index is -3.60. The molecule has 0 aliphatic heterocycles. The molecule has 0 unspecified atom stereocenters. The van der Waals surface area contributed by atoms with Gasteiger partial charge in [0, 0.05) is 6.20 Å². The number of hydrogen-bond acceptors (Lipinski definition) is 5. The van der Waals surface area contributed by atoms with Gasteiger partial charge in [-0.25, -0.2) is 18.4 Å². The molecule has 1 N–H and O–H groups in total. The lowest BCUT2D eigenvalue weighted by atomic mass is 10.5. The van der Waals surface area contributed by atoms with E-state index >= 15 is 0 Å². The molecule has 0 amide bonds. The number of aromatic nitrogens is 2. The number of sulfonamides is 1. The van der Waals surface area contributed by atoms with Crippen molar-refractivity contribution >= 4 is 43.1 Å². The zero-order valence-corrected chi connectivity index (χ0v) is 11.9. The van der Waals surface area contributed by atoms with Gasteiger partial charge in [0.15, 0.2) is 10.0 Å². The molecule has 5 nitrogen and oxygen atoms in total. The van der Waals surface area contributed by atoms with Crippen LogP contribution in [0.5, 0.6) is 0 Å². The molecule has 0 atom stereocenters. The summed E-state index contributed by atoms with van der Waals surface area (Å²) in [6.07, 6.45) is 2.85. The van der Waals surface area contributed by atoms with Crippen LogP contribution in [0.25, 0.3) is 0 Å². The second-order valence-corrected chi connectivity index (χ2v) is 7.14. The quantitative estimate of drug-likeness (QED) is 0.936. The highest BCUT2D eigenvalue weighted by Crippen LogP contribution is 2.24. The summed E-state index contributed by atoms with van der Waals surface area (Å²) in [6.45, 7) is 1.75. The van der Waals surface area contributed by atoms with Gasteiger partial charge in [-0.2, -0.15) is 0 Å². The summed E-state index contributed by atoms with van der Waals surface area (Å²) < 4.78 is 27.1. The summed E-state index contributed by atoms with van der Waals surface area (Å²) in [5, 5.41) is 0.700. The lowest BCUT2D eigenvalue weighted by Gasteiger charge is -2.05. The molecule has 90 valence electrons. The predicted molar refractivity (Wildman–Crippen MR) is 69.6 cm³/mol. The molecule has 0 saturated heterocycles. The van der Waals surface area contributed by atoms with E-state index in [0.29, 0.717) is 9.48 Å². The Bertz CT molecular complexity index is 639. The van der Waals surface area contributed by atoms with E-state index in [1.807, 2.05) is 0 Å². The van der Waals surface area contributed by atoms with Crippen molar-refractivity contribution in [3.8, 4) is 0 Å². The molecule has 0 radical (unpaired) electrons. The van der Waals surface area contributed by atoms with Crippen LogP contribution >= 0.6 is 27.3 Å². The summed E-state index contributed by atoms with van der Waals surface area (Å²) >= 11 is 4.34. The standard InChI is InChI=1S/C9H8BrN3O2S2/c1-6-12-5-8(16-6)17(14,15)13-9-7(10)3-2-4-11-9/h2-5H,1H3,(H,11,13). The van der Waals surface area contributed by atoms with Gasteiger partial charge in [0.05, 0.1) is 15.7 Å². The summed E-state index contributed by atoms with van der Waals surface area (Å²) in [5.41, 5.74) is 0. The van der Waals surface area contributed by atoms with E-state index in [2.05, 4.69) is 30.6 Å². The predicted octanol–water partition coefficient (Wildman–Crippen LogP) is 2.41. The van der Waals surface area contributed by atoms with Crippen molar-refractivity contribution < 1.29 is 8.42 Å². The molecule has 0 saturated carbocycles. The van der Waals surface area contributed by atoms with E-state index in [9.17, 15) is 8.42 Å². The van der Waals surface area contributed by atoms with Crippen LogP contribution in [0.4, 0.5) is 5.82 Å². The molecule has 0 aliphatic rings. The van der Waals surface area contributed by atoms with Gasteiger partial charge >= 0.3 is 0 Å². The van der Waals surface area contributed by atoms with Crippen LogP contribution < -0.4 is 4.72 Å². The van der Waals surface area contributed by atoms with Crippen LogP contribution in [0.2, 0.25) is 0 Å². The number of anilines is 1. The van der Waals surface area contributed by atoms with Crippen molar-refractivity contribution in [1.29, 1.82) is 0 Å². The third-order valence-electron chi connectivity index (χ3n) is 1.85. The summed E-state index contributed by atoms with van der Waals surface area (Å²) in [6, 6.07) is 3.42. The van der Waals surface area contributed by atoms with Gasteiger partial charge < -0.3 is 0 Å². The molecule has 2 aromatic heterocycles.